The van der Waals surface area contributed by atoms with Crippen molar-refractivity contribution in [3.8, 4) is 5.88 Å². The molecule has 0 aliphatic heterocycles. The van der Waals surface area contributed by atoms with E-state index < -0.39 is 0 Å². The lowest BCUT2D eigenvalue weighted by Gasteiger charge is -2.16. The molecule has 0 saturated heterocycles. The number of halogens is 2. The van der Waals surface area contributed by atoms with Gasteiger partial charge in [0.1, 0.15) is 0 Å². The molecule has 0 aliphatic carbocycles. The number of benzene rings is 1. The first-order valence-electron chi connectivity index (χ1n) is 6.32. The lowest BCUT2D eigenvalue weighted by atomic mass is 10.3. The minimum atomic E-state index is -0.229. The Bertz CT molecular complexity index is 682. The lowest BCUT2D eigenvalue weighted by molar-refractivity contribution is -0.114. The summed E-state index contributed by atoms with van der Waals surface area (Å²) < 4.78 is 5.02. The van der Waals surface area contributed by atoms with E-state index in [0.717, 1.165) is 0 Å². The molecule has 116 valence electrons. The molecule has 1 N–H and O–H groups in total. The van der Waals surface area contributed by atoms with Gasteiger partial charge in [-0.25, -0.2) is 4.98 Å². The van der Waals surface area contributed by atoms with E-state index in [1.807, 2.05) is 0 Å². The minimum Gasteiger partial charge on any atom is -0.481 e. The van der Waals surface area contributed by atoms with Crippen LogP contribution < -0.4 is 15.0 Å². The van der Waals surface area contributed by atoms with E-state index in [-0.39, 0.29) is 12.5 Å². The van der Waals surface area contributed by atoms with Gasteiger partial charge in [0.2, 0.25) is 17.7 Å². The molecule has 0 aliphatic rings. The van der Waals surface area contributed by atoms with Crippen molar-refractivity contribution in [2.45, 2.75) is 0 Å². The first-order chi connectivity index (χ1) is 10.5. The van der Waals surface area contributed by atoms with Gasteiger partial charge in [-0.1, -0.05) is 23.2 Å². The number of likely N-dealkylation sites (N-methyl/N-ethyl adjacent to an activating group) is 1. The number of carbonyl (C=O) groups is 1. The molecule has 1 amide bonds. The van der Waals surface area contributed by atoms with Crippen LogP contribution in [0, 0.1) is 0 Å². The van der Waals surface area contributed by atoms with Crippen molar-refractivity contribution in [3.05, 3.63) is 40.5 Å². The first-order valence-corrected chi connectivity index (χ1v) is 7.08. The zero-order valence-electron chi connectivity index (χ0n) is 12.0. The molecule has 0 radical (unpaired) electrons. The molecule has 2 aromatic rings. The maximum absolute atomic E-state index is 12.0. The minimum absolute atomic E-state index is 0.0768. The number of hydrogen-bond acceptors (Lipinski definition) is 5. The number of nitrogens with one attached hydrogen (secondary N) is 1. The van der Waals surface area contributed by atoms with E-state index in [1.165, 1.54) is 7.11 Å². The third-order valence-corrected chi connectivity index (χ3v) is 3.49. The predicted octanol–water partition coefficient (Wildman–Crippen LogP) is 2.87. The quantitative estimate of drug-likeness (QED) is 0.906. The van der Waals surface area contributed by atoms with E-state index in [1.54, 1.807) is 42.4 Å². The first kappa shape index (κ1) is 16.3. The molecule has 2 rings (SSSR count). The van der Waals surface area contributed by atoms with Crippen LogP contribution in [-0.4, -0.2) is 36.6 Å². The zero-order valence-corrected chi connectivity index (χ0v) is 13.5. The van der Waals surface area contributed by atoms with Crippen LogP contribution in [0.1, 0.15) is 0 Å². The summed E-state index contributed by atoms with van der Waals surface area (Å²) in [5.74, 6) is 0.595. The maximum Gasteiger partial charge on any atom is 0.243 e. The molecule has 0 bridgehead atoms. The molecule has 0 fully saturated rings. The van der Waals surface area contributed by atoms with Gasteiger partial charge in [0, 0.05) is 25.0 Å². The fourth-order valence-corrected chi connectivity index (χ4v) is 1.99. The molecule has 0 atom stereocenters. The van der Waals surface area contributed by atoms with Gasteiger partial charge in [0.05, 0.1) is 23.7 Å². The smallest absolute Gasteiger partial charge is 0.243 e. The maximum atomic E-state index is 12.0. The van der Waals surface area contributed by atoms with Gasteiger partial charge in [-0.15, -0.1) is 0 Å². The van der Waals surface area contributed by atoms with Gasteiger partial charge in [0.25, 0.3) is 0 Å². The van der Waals surface area contributed by atoms with Crippen molar-refractivity contribution in [3.63, 3.8) is 0 Å². The van der Waals surface area contributed by atoms with Gasteiger partial charge in [-0.3, -0.25) is 4.79 Å². The SMILES string of the molecule is COc1ccnc(N(C)CC(=O)Nc2ccc(Cl)c(Cl)c2)n1. The highest BCUT2D eigenvalue weighted by Crippen LogP contribution is 2.25. The number of rotatable bonds is 5. The largest absolute Gasteiger partial charge is 0.481 e. The summed E-state index contributed by atoms with van der Waals surface area (Å²) in [4.78, 5) is 21.9. The molecule has 1 heterocycles. The van der Waals surface area contributed by atoms with E-state index in [2.05, 4.69) is 15.3 Å². The molecule has 1 aromatic heterocycles. The molecule has 22 heavy (non-hydrogen) atoms. The number of amides is 1. The Hall–Kier alpha value is -2.05. The van der Waals surface area contributed by atoms with Gasteiger partial charge in [-0.05, 0) is 18.2 Å². The summed E-state index contributed by atoms with van der Waals surface area (Å²) in [6, 6.07) is 6.51. The number of carbonyl (C=O) groups excluding carboxylic acids is 1. The number of methoxy groups -OCH3 is 1. The lowest BCUT2D eigenvalue weighted by Crippen LogP contribution is -2.31. The summed E-state index contributed by atoms with van der Waals surface area (Å²) in [7, 11) is 3.23. The van der Waals surface area contributed by atoms with E-state index in [9.17, 15) is 4.79 Å². The molecule has 0 saturated carbocycles. The van der Waals surface area contributed by atoms with Crippen molar-refractivity contribution in [2.75, 3.05) is 30.9 Å². The Morgan fingerprint density at radius 2 is 2.09 bits per heavy atom. The fourth-order valence-electron chi connectivity index (χ4n) is 1.69. The average molecular weight is 341 g/mol. The number of aromatic nitrogens is 2. The Morgan fingerprint density at radius 3 is 2.77 bits per heavy atom. The van der Waals surface area contributed by atoms with Gasteiger partial charge >= 0.3 is 0 Å². The topological polar surface area (TPSA) is 67.3 Å². The number of hydrogen-bond donors (Lipinski definition) is 1. The predicted molar refractivity (Wildman–Crippen MR) is 86.9 cm³/mol. The number of ether oxygens (including phenoxy) is 1. The van der Waals surface area contributed by atoms with E-state index in [0.29, 0.717) is 27.6 Å². The molecule has 1 aromatic carbocycles. The van der Waals surface area contributed by atoms with Crippen LogP contribution in [0.5, 0.6) is 5.88 Å². The molecular weight excluding hydrogens is 327 g/mol. The molecule has 8 heteroatoms. The van der Waals surface area contributed by atoms with E-state index >= 15 is 0 Å². The second-order valence-corrected chi connectivity index (χ2v) is 5.25. The summed E-state index contributed by atoms with van der Waals surface area (Å²) in [5, 5.41) is 3.54. The van der Waals surface area contributed by atoms with Crippen LogP contribution in [0.4, 0.5) is 11.6 Å². The highest BCUT2D eigenvalue weighted by atomic mass is 35.5. The highest BCUT2D eigenvalue weighted by molar-refractivity contribution is 6.42. The van der Waals surface area contributed by atoms with Crippen LogP contribution in [-0.2, 0) is 4.79 Å². The number of anilines is 2. The average Bonchev–Trinajstić information content (AvgIpc) is 2.51. The highest BCUT2D eigenvalue weighted by Gasteiger charge is 2.11. The van der Waals surface area contributed by atoms with Crippen molar-refractivity contribution in [1.29, 1.82) is 0 Å². The van der Waals surface area contributed by atoms with E-state index in [4.69, 9.17) is 27.9 Å². The number of nitrogens with zero attached hydrogens (tertiary/aromatic N) is 3. The molecule has 6 nitrogen and oxygen atoms in total. The van der Waals surface area contributed by atoms with Crippen molar-refractivity contribution in [2.24, 2.45) is 0 Å². The summed E-state index contributed by atoms with van der Waals surface area (Å²) in [5.41, 5.74) is 0.569. The van der Waals surface area contributed by atoms with Crippen LogP contribution in [0.3, 0.4) is 0 Å². The van der Waals surface area contributed by atoms with Crippen LogP contribution >= 0.6 is 23.2 Å². The third kappa shape index (κ3) is 4.22. The van der Waals surface area contributed by atoms with Crippen molar-refractivity contribution < 1.29 is 9.53 Å². The van der Waals surface area contributed by atoms with Gasteiger partial charge in [-0.2, -0.15) is 4.98 Å². The fraction of sp³-hybridized carbons (Fsp3) is 0.214. The Labute approximate surface area is 138 Å². The van der Waals surface area contributed by atoms with Crippen LogP contribution in [0.25, 0.3) is 0 Å². The summed E-state index contributed by atoms with van der Waals surface area (Å²) >= 11 is 11.7. The zero-order chi connectivity index (χ0) is 16.1. The summed E-state index contributed by atoms with van der Waals surface area (Å²) in [6.07, 6.45) is 1.56. The normalized spacial score (nSPS) is 10.2. The Morgan fingerprint density at radius 1 is 1.32 bits per heavy atom. The molecular formula is C14H14Cl2N4O2. The van der Waals surface area contributed by atoms with Crippen LogP contribution in [0.2, 0.25) is 10.0 Å². The third-order valence-electron chi connectivity index (χ3n) is 2.75. The monoisotopic (exact) mass is 340 g/mol. The second kappa shape index (κ2) is 7.29. The Kier molecular flexibility index (Phi) is 5.41. The van der Waals surface area contributed by atoms with Crippen molar-refractivity contribution >= 4 is 40.7 Å². The Balaban J connectivity index is 2.00. The van der Waals surface area contributed by atoms with Crippen LogP contribution in [0.15, 0.2) is 30.5 Å². The molecule has 0 spiro atoms. The summed E-state index contributed by atoms with van der Waals surface area (Å²) in [6.45, 7) is 0.0768. The second-order valence-electron chi connectivity index (χ2n) is 4.43. The van der Waals surface area contributed by atoms with Gasteiger partial charge < -0.3 is 15.0 Å². The molecule has 0 unspecified atom stereocenters. The standard InChI is InChI=1S/C14H14Cl2N4O2/c1-20(14-17-6-5-13(19-14)22-2)8-12(21)18-9-3-4-10(15)11(16)7-9/h3-7H,8H2,1-2H3,(H,18,21). The van der Waals surface area contributed by atoms with Crippen molar-refractivity contribution in [1.82, 2.24) is 9.97 Å². The van der Waals surface area contributed by atoms with Gasteiger partial charge in [0.15, 0.2) is 0 Å².